The van der Waals surface area contributed by atoms with Gasteiger partial charge in [0.15, 0.2) is 0 Å². The summed E-state index contributed by atoms with van der Waals surface area (Å²) in [5.41, 5.74) is 2.03. The van der Waals surface area contributed by atoms with Gasteiger partial charge in [-0.15, -0.1) is 0 Å². The van der Waals surface area contributed by atoms with Gasteiger partial charge in [0, 0.05) is 5.41 Å². The molecule has 0 aliphatic carbocycles. The van der Waals surface area contributed by atoms with Crippen molar-refractivity contribution in [3.05, 3.63) is 59.6 Å². The average molecular weight is 248 g/mol. The summed E-state index contributed by atoms with van der Waals surface area (Å²) in [6.07, 6.45) is 9.03. The third kappa shape index (κ3) is 5.09. The summed E-state index contributed by atoms with van der Waals surface area (Å²) in [6.45, 7) is 13.2. The molecule has 0 spiro atoms. The van der Waals surface area contributed by atoms with Crippen molar-refractivity contribution < 1.29 is 10.2 Å². The molecule has 0 rings (SSSR count). The minimum absolute atomic E-state index is 0.0397. The van der Waals surface area contributed by atoms with E-state index >= 15 is 0 Å². The first kappa shape index (κ1) is 16.3. The van der Waals surface area contributed by atoms with E-state index in [2.05, 4.69) is 20.4 Å². The molecule has 0 saturated heterocycles. The molecule has 0 heterocycles. The lowest BCUT2D eigenvalue weighted by atomic mass is 9.77. The molecule has 0 aliphatic heterocycles. The van der Waals surface area contributed by atoms with Crippen LogP contribution in [0.15, 0.2) is 59.6 Å². The molecule has 0 radical (unpaired) electrons. The fraction of sp³-hybridized carbons (Fsp3) is 0.375. The van der Waals surface area contributed by atoms with Crippen molar-refractivity contribution in [2.24, 2.45) is 5.41 Å². The summed E-state index contributed by atoms with van der Waals surface area (Å²) in [5, 5.41) is 18.3. The highest BCUT2D eigenvalue weighted by Gasteiger charge is 2.22. The lowest BCUT2D eigenvalue weighted by Gasteiger charge is -2.27. The highest BCUT2D eigenvalue weighted by atomic mass is 16.3. The summed E-state index contributed by atoms with van der Waals surface area (Å²) >= 11 is 0. The van der Waals surface area contributed by atoms with Crippen LogP contribution in [-0.4, -0.2) is 10.2 Å². The topological polar surface area (TPSA) is 40.5 Å². The highest BCUT2D eigenvalue weighted by molar-refractivity contribution is 5.36. The van der Waals surface area contributed by atoms with Gasteiger partial charge in [-0.2, -0.15) is 0 Å². The maximum Gasteiger partial charge on any atom is 0.108 e. The Hall–Kier alpha value is -1.70. The van der Waals surface area contributed by atoms with E-state index in [1.807, 2.05) is 32.1 Å². The Morgan fingerprint density at radius 3 is 2.00 bits per heavy atom. The Morgan fingerprint density at radius 1 is 1.06 bits per heavy atom. The van der Waals surface area contributed by atoms with Crippen molar-refractivity contribution in [3.63, 3.8) is 0 Å². The van der Waals surface area contributed by atoms with Gasteiger partial charge in [0.1, 0.15) is 5.76 Å². The molecule has 0 aromatic heterocycles. The van der Waals surface area contributed by atoms with Gasteiger partial charge in [0.25, 0.3) is 0 Å². The number of allylic oxidation sites excluding steroid dienone is 8. The number of rotatable bonds is 5. The number of aliphatic hydroxyl groups is 2. The van der Waals surface area contributed by atoms with E-state index in [1.54, 1.807) is 19.1 Å². The average Bonchev–Trinajstić information content (AvgIpc) is 2.25. The van der Waals surface area contributed by atoms with Crippen LogP contribution in [0.5, 0.6) is 0 Å². The molecule has 0 fully saturated rings. The number of hydrogen-bond donors (Lipinski definition) is 2. The third-order valence-electron chi connectivity index (χ3n) is 3.05. The van der Waals surface area contributed by atoms with E-state index in [4.69, 9.17) is 5.11 Å². The first-order valence-electron chi connectivity index (χ1n) is 5.99. The molecule has 0 bridgehead atoms. The van der Waals surface area contributed by atoms with Crippen molar-refractivity contribution in [1.29, 1.82) is 0 Å². The fourth-order valence-corrected chi connectivity index (χ4v) is 1.53. The molecule has 0 atom stereocenters. The Bertz CT molecular complexity index is 414. The maximum atomic E-state index is 9.18. The molecule has 0 aliphatic rings. The Morgan fingerprint density at radius 2 is 1.61 bits per heavy atom. The third-order valence-corrected chi connectivity index (χ3v) is 3.05. The van der Waals surface area contributed by atoms with Crippen LogP contribution in [0.1, 0.15) is 34.6 Å². The quantitative estimate of drug-likeness (QED) is 0.531. The molecule has 0 aromatic rings. The predicted molar refractivity (Wildman–Crippen MR) is 78.6 cm³/mol. The standard InChI is InChI=1S/C16H24O2/c1-7-15(11-10-14(4)18)16(5,6)12(2)8-9-13(3)17/h7-11,17-18H,4H2,1-3,5-6H3/b11-10-,12-8+,13-9+,15-7+. The number of aliphatic hydroxyl groups excluding tert-OH is 2. The molecule has 2 nitrogen and oxygen atoms in total. The largest absolute Gasteiger partial charge is 0.513 e. The van der Waals surface area contributed by atoms with E-state index in [0.29, 0.717) is 0 Å². The SMILES string of the molecule is C=C(O)/C=C\C(=C/C)C(C)(C)/C(C)=C/C=C(\C)O. The predicted octanol–water partition coefficient (Wildman–Crippen LogP) is 4.99. The van der Waals surface area contributed by atoms with E-state index in [-0.39, 0.29) is 16.9 Å². The Labute approximate surface area is 110 Å². The molecule has 0 saturated carbocycles. The van der Waals surface area contributed by atoms with Crippen LogP contribution in [-0.2, 0) is 0 Å². The van der Waals surface area contributed by atoms with Crippen LogP contribution in [0.2, 0.25) is 0 Å². The summed E-state index contributed by atoms with van der Waals surface area (Å²) in [6, 6.07) is 0. The number of hydrogen-bond acceptors (Lipinski definition) is 2. The van der Waals surface area contributed by atoms with Gasteiger partial charge in [-0.1, -0.05) is 44.2 Å². The van der Waals surface area contributed by atoms with Gasteiger partial charge in [0.2, 0.25) is 0 Å². The lowest BCUT2D eigenvalue weighted by Crippen LogP contribution is -2.15. The van der Waals surface area contributed by atoms with Crippen LogP contribution in [0.25, 0.3) is 0 Å². The lowest BCUT2D eigenvalue weighted by molar-refractivity contribution is 0.414. The van der Waals surface area contributed by atoms with Crippen molar-refractivity contribution in [1.82, 2.24) is 0 Å². The molecule has 0 amide bonds. The van der Waals surface area contributed by atoms with Crippen LogP contribution in [0.3, 0.4) is 0 Å². The molecule has 2 N–H and O–H groups in total. The Balaban J connectivity index is 5.28. The summed E-state index contributed by atoms with van der Waals surface area (Å²) in [7, 11) is 0. The Kier molecular flexibility index (Phi) is 6.24. The van der Waals surface area contributed by atoms with Crippen molar-refractivity contribution in [2.45, 2.75) is 34.6 Å². The van der Waals surface area contributed by atoms with Crippen molar-refractivity contribution >= 4 is 0 Å². The summed E-state index contributed by atoms with van der Waals surface area (Å²) in [5.74, 6) is 0.323. The van der Waals surface area contributed by atoms with Gasteiger partial charge in [0.05, 0.1) is 5.76 Å². The van der Waals surface area contributed by atoms with E-state index < -0.39 is 0 Å². The highest BCUT2D eigenvalue weighted by Crippen LogP contribution is 2.35. The van der Waals surface area contributed by atoms with Crippen LogP contribution < -0.4 is 0 Å². The minimum Gasteiger partial charge on any atom is -0.513 e. The van der Waals surface area contributed by atoms with Gasteiger partial charge < -0.3 is 10.2 Å². The zero-order chi connectivity index (χ0) is 14.3. The van der Waals surface area contributed by atoms with Gasteiger partial charge >= 0.3 is 0 Å². The first-order chi connectivity index (χ1) is 8.21. The van der Waals surface area contributed by atoms with Crippen LogP contribution in [0.4, 0.5) is 0 Å². The molecule has 2 heteroatoms. The second-order valence-corrected chi connectivity index (χ2v) is 4.85. The van der Waals surface area contributed by atoms with E-state index in [1.165, 1.54) is 0 Å². The molecule has 18 heavy (non-hydrogen) atoms. The minimum atomic E-state index is -0.174. The second kappa shape index (κ2) is 6.90. The van der Waals surface area contributed by atoms with Crippen molar-refractivity contribution in [2.75, 3.05) is 0 Å². The second-order valence-electron chi connectivity index (χ2n) is 4.85. The smallest absolute Gasteiger partial charge is 0.108 e. The zero-order valence-electron chi connectivity index (χ0n) is 12.0. The molecular formula is C16H24O2. The molecule has 100 valence electrons. The van der Waals surface area contributed by atoms with Crippen LogP contribution >= 0.6 is 0 Å². The van der Waals surface area contributed by atoms with Gasteiger partial charge in [-0.3, -0.25) is 0 Å². The molecular weight excluding hydrogens is 224 g/mol. The van der Waals surface area contributed by atoms with Gasteiger partial charge in [-0.05, 0) is 38.5 Å². The zero-order valence-corrected chi connectivity index (χ0v) is 12.0. The summed E-state index contributed by atoms with van der Waals surface area (Å²) in [4.78, 5) is 0. The van der Waals surface area contributed by atoms with Crippen LogP contribution in [0, 0.1) is 5.41 Å². The fourth-order valence-electron chi connectivity index (χ4n) is 1.53. The molecule has 0 unspecified atom stereocenters. The summed E-state index contributed by atoms with van der Waals surface area (Å²) < 4.78 is 0. The normalized spacial score (nSPS) is 15.3. The van der Waals surface area contributed by atoms with E-state index in [0.717, 1.165) is 11.1 Å². The van der Waals surface area contributed by atoms with Crippen molar-refractivity contribution in [3.8, 4) is 0 Å². The van der Waals surface area contributed by atoms with Gasteiger partial charge in [-0.25, -0.2) is 0 Å². The monoisotopic (exact) mass is 248 g/mol. The van der Waals surface area contributed by atoms with E-state index in [9.17, 15) is 5.11 Å². The maximum absolute atomic E-state index is 9.18. The first-order valence-corrected chi connectivity index (χ1v) is 5.99. The molecule has 0 aromatic carbocycles.